The van der Waals surface area contributed by atoms with Crippen LogP contribution in [0, 0.1) is 5.41 Å². The molecule has 1 rings (SSSR count). The summed E-state index contributed by atoms with van der Waals surface area (Å²) < 4.78 is 0. The van der Waals surface area contributed by atoms with E-state index in [1.165, 1.54) is 0 Å². The zero-order valence-electron chi connectivity index (χ0n) is 12.6. The van der Waals surface area contributed by atoms with Crippen molar-refractivity contribution in [2.24, 2.45) is 5.41 Å². The van der Waals surface area contributed by atoms with Crippen LogP contribution in [-0.4, -0.2) is 47.1 Å². The minimum absolute atomic E-state index is 0.0345. The first-order valence-electron chi connectivity index (χ1n) is 7.12. The van der Waals surface area contributed by atoms with Crippen LogP contribution in [0.1, 0.15) is 40.0 Å². The Bertz CT molecular complexity index is 336. The Morgan fingerprint density at radius 3 is 2.45 bits per heavy atom. The number of piperidine rings is 1. The van der Waals surface area contributed by atoms with Crippen molar-refractivity contribution in [2.45, 2.75) is 51.3 Å². The summed E-state index contributed by atoms with van der Waals surface area (Å²) in [4.78, 5) is 22.9. The highest BCUT2D eigenvalue weighted by Gasteiger charge is 2.28. The predicted molar refractivity (Wildman–Crippen MR) is 82.0 cm³/mol. The zero-order chi connectivity index (χ0) is 15.2. The van der Waals surface area contributed by atoms with Crippen LogP contribution in [0.5, 0.6) is 0 Å². The molecule has 1 saturated heterocycles. The largest absolute Gasteiger partial charge is 0.481 e. The molecule has 1 heterocycles. The van der Waals surface area contributed by atoms with Gasteiger partial charge >= 0.3 is 5.97 Å². The summed E-state index contributed by atoms with van der Waals surface area (Å²) in [5.41, 5.74) is -0.256. The standard InChI is InChI=1S/C14H26N2O3S/c1-14(2,3)11(8-13(18)19)16-12(17)9-20-10-4-6-15-7-5-10/h10-11,15H,4-9H2,1-3H3,(H,16,17)(H,18,19). The van der Waals surface area contributed by atoms with E-state index in [0.717, 1.165) is 25.9 Å². The van der Waals surface area contributed by atoms with Gasteiger partial charge in [-0.25, -0.2) is 0 Å². The zero-order valence-corrected chi connectivity index (χ0v) is 13.4. The molecule has 0 radical (unpaired) electrons. The number of thioether (sulfide) groups is 1. The smallest absolute Gasteiger partial charge is 0.305 e. The molecule has 1 unspecified atom stereocenters. The fourth-order valence-corrected chi connectivity index (χ4v) is 3.18. The maximum Gasteiger partial charge on any atom is 0.305 e. The number of amides is 1. The lowest BCUT2D eigenvalue weighted by Gasteiger charge is -2.30. The molecule has 6 heteroatoms. The van der Waals surface area contributed by atoms with E-state index in [1.54, 1.807) is 11.8 Å². The monoisotopic (exact) mass is 302 g/mol. The maximum atomic E-state index is 12.0. The quantitative estimate of drug-likeness (QED) is 0.692. The van der Waals surface area contributed by atoms with Crippen LogP contribution in [0.15, 0.2) is 0 Å². The van der Waals surface area contributed by atoms with Gasteiger partial charge in [0.2, 0.25) is 5.91 Å². The lowest BCUT2D eigenvalue weighted by atomic mass is 9.85. The van der Waals surface area contributed by atoms with Gasteiger partial charge in [0.05, 0.1) is 12.2 Å². The van der Waals surface area contributed by atoms with Crippen molar-refractivity contribution in [1.29, 1.82) is 0 Å². The summed E-state index contributed by atoms with van der Waals surface area (Å²) in [5.74, 6) is -0.525. The van der Waals surface area contributed by atoms with Crippen molar-refractivity contribution in [3.05, 3.63) is 0 Å². The molecule has 0 aromatic heterocycles. The van der Waals surface area contributed by atoms with Crippen molar-refractivity contribution >= 4 is 23.6 Å². The van der Waals surface area contributed by atoms with Gasteiger partial charge < -0.3 is 15.7 Å². The lowest BCUT2D eigenvalue weighted by Crippen LogP contribution is -2.46. The Morgan fingerprint density at radius 2 is 1.95 bits per heavy atom. The number of rotatable bonds is 6. The SMILES string of the molecule is CC(C)(C)C(CC(=O)O)NC(=O)CSC1CCNCC1. The Morgan fingerprint density at radius 1 is 1.35 bits per heavy atom. The molecule has 0 spiro atoms. The average Bonchev–Trinajstić information content (AvgIpc) is 2.35. The molecular formula is C14H26N2O3S. The van der Waals surface area contributed by atoms with Gasteiger partial charge in [0.25, 0.3) is 0 Å². The molecule has 1 aliphatic heterocycles. The first-order chi connectivity index (χ1) is 9.29. The number of aliphatic carboxylic acids is 1. The first-order valence-corrected chi connectivity index (χ1v) is 8.17. The van der Waals surface area contributed by atoms with E-state index in [1.807, 2.05) is 20.8 Å². The molecule has 1 aliphatic rings. The number of carbonyl (C=O) groups is 2. The van der Waals surface area contributed by atoms with Crippen molar-refractivity contribution in [3.63, 3.8) is 0 Å². The fraction of sp³-hybridized carbons (Fsp3) is 0.857. The van der Waals surface area contributed by atoms with Crippen LogP contribution >= 0.6 is 11.8 Å². The van der Waals surface area contributed by atoms with Crippen molar-refractivity contribution in [1.82, 2.24) is 10.6 Å². The third-order valence-corrected chi connectivity index (χ3v) is 4.87. The van der Waals surface area contributed by atoms with Crippen molar-refractivity contribution in [3.8, 4) is 0 Å². The van der Waals surface area contributed by atoms with Gasteiger partial charge in [-0.2, -0.15) is 0 Å². The summed E-state index contributed by atoms with van der Waals surface area (Å²) in [7, 11) is 0. The van der Waals surface area contributed by atoms with Crippen molar-refractivity contribution in [2.75, 3.05) is 18.8 Å². The molecular weight excluding hydrogens is 276 g/mol. The number of hydrogen-bond donors (Lipinski definition) is 3. The fourth-order valence-electron chi connectivity index (χ4n) is 2.14. The van der Waals surface area contributed by atoms with Gasteiger partial charge in [-0.05, 0) is 31.3 Å². The van der Waals surface area contributed by atoms with Gasteiger partial charge in [0.1, 0.15) is 0 Å². The van der Waals surface area contributed by atoms with Crippen LogP contribution in [0.4, 0.5) is 0 Å². The van der Waals surface area contributed by atoms with Crippen LogP contribution in [0.25, 0.3) is 0 Å². The van der Waals surface area contributed by atoms with Gasteiger partial charge in [0.15, 0.2) is 0 Å². The second kappa shape index (κ2) is 7.88. The topological polar surface area (TPSA) is 78.4 Å². The van der Waals surface area contributed by atoms with E-state index in [2.05, 4.69) is 10.6 Å². The van der Waals surface area contributed by atoms with E-state index < -0.39 is 5.97 Å². The van der Waals surface area contributed by atoms with Crippen molar-refractivity contribution < 1.29 is 14.7 Å². The first kappa shape index (κ1) is 17.3. The Hall–Kier alpha value is -0.750. The summed E-state index contributed by atoms with van der Waals surface area (Å²) in [6, 6.07) is -0.332. The molecule has 1 amide bonds. The molecule has 5 nitrogen and oxygen atoms in total. The molecule has 0 bridgehead atoms. The molecule has 116 valence electrons. The number of carboxylic acids is 1. The number of nitrogens with one attached hydrogen (secondary N) is 2. The summed E-state index contributed by atoms with van der Waals surface area (Å²) in [5, 5.41) is 15.6. The number of carbonyl (C=O) groups excluding carboxylic acids is 1. The summed E-state index contributed by atoms with van der Waals surface area (Å²) >= 11 is 1.68. The second-order valence-electron chi connectivity index (χ2n) is 6.34. The maximum absolute atomic E-state index is 12.0. The van der Waals surface area contributed by atoms with Gasteiger partial charge in [-0.3, -0.25) is 9.59 Å². The van der Waals surface area contributed by atoms with E-state index in [0.29, 0.717) is 11.0 Å². The van der Waals surface area contributed by atoms with Crippen LogP contribution in [0.2, 0.25) is 0 Å². The van der Waals surface area contributed by atoms with Gasteiger partial charge in [-0.1, -0.05) is 20.8 Å². The lowest BCUT2D eigenvalue weighted by molar-refractivity contribution is -0.138. The molecule has 1 atom stereocenters. The van der Waals surface area contributed by atoms with Crippen LogP contribution < -0.4 is 10.6 Å². The molecule has 20 heavy (non-hydrogen) atoms. The number of hydrogen-bond acceptors (Lipinski definition) is 4. The third-order valence-electron chi connectivity index (χ3n) is 3.50. The normalized spacial score (nSPS) is 18.6. The summed E-state index contributed by atoms with van der Waals surface area (Å²) in [6.45, 7) is 7.87. The Labute approximate surface area is 125 Å². The second-order valence-corrected chi connectivity index (χ2v) is 7.63. The molecule has 1 fully saturated rings. The van der Waals surface area contributed by atoms with E-state index >= 15 is 0 Å². The van der Waals surface area contributed by atoms with E-state index in [4.69, 9.17) is 5.11 Å². The van der Waals surface area contributed by atoms with E-state index in [9.17, 15) is 9.59 Å². The van der Waals surface area contributed by atoms with Gasteiger partial charge in [0, 0.05) is 11.3 Å². The van der Waals surface area contributed by atoms with E-state index in [-0.39, 0.29) is 23.8 Å². The predicted octanol–water partition coefficient (Wildman–Crippen LogP) is 1.48. The molecule has 0 aliphatic carbocycles. The molecule has 3 N–H and O–H groups in total. The van der Waals surface area contributed by atoms with Gasteiger partial charge in [-0.15, -0.1) is 11.8 Å². The highest BCUT2D eigenvalue weighted by molar-refractivity contribution is 8.00. The molecule has 0 saturated carbocycles. The highest BCUT2D eigenvalue weighted by atomic mass is 32.2. The number of carboxylic acid groups (broad SMARTS) is 1. The Kier molecular flexibility index (Phi) is 6.82. The average molecular weight is 302 g/mol. The Balaban J connectivity index is 2.39. The highest BCUT2D eigenvalue weighted by Crippen LogP contribution is 2.23. The molecule has 0 aromatic carbocycles. The minimum Gasteiger partial charge on any atom is -0.481 e. The van der Waals surface area contributed by atoms with Crippen LogP contribution in [0.3, 0.4) is 0 Å². The summed E-state index contributed by atoms with van der Waals surface area (Å²) in [6.07, 6.45) is 2.15. The third kappa shape index (κ3) is 6.61. The molecule has 0 aromatic rings. The van der Waals surface area contributed by atoms with Crippen LogP contribution in [-0.2, 0) is 9.59 Å². The minimum atomic E-state index is -0.878.